The first kappa shape index (κ1) is 16.3. The van der Waals surface area contributed by atoms with Crippen LogP contribution in [0.4, 0.5) is 0 Å². The van der Waals surface area contributed by atoms with Gasteiger partial charge in [0, 0.05) is 6.04 Å². The standard InChI is InChI=1S/C19H37N/c1-7-13-20-16(17-18(3,4)19(17,5)6)15-12-10-9-11-14(15)8-2/h14-17,20H,7-13H2,1-6H3. The lowest BCUT2D eigenvalue weighted by Crippen LogP contribution is -2.44. The molecule has 0 aromatic carbocycles. The first-order chi connectivity index (χ1) is 9.37. The first-order valence-corrected chi connectivity index (χ1v) is 9.11. The number of rotatable bonds is 6. The Bertz CT molecular complexity index is 304. The van der Waals surface area contributed by atoms with Gasteiger partial charge in [-0.15, -0.1) is 0 Å². The van der Waals surface area contributed by atoms with E-state index in [0.29, 0.717) is 10.8 Å². The van der Waals surface area contributed by atoms with Crippen LogP contribution in [-0.2, 0) is 0 Å². The predicted molar refractivity (Wildman–Crippen MR) is 88.9 cm³/mol. The molecule has 0 aliphatic heterocycles. The van der Waals surface area contributed by atoms with Crippen LogP contribution in [-0.4, -0.2) is 12.6 Å². The van der Waals surface area contributed by atoms with Crippen molar-refractivity contribution in [1.82, 2.24) is 5.32 Å². The van der Waals surface area contributed by atoms with Crippen molar-refractivity contribution >= 4 is 0 Å². The van der Waals surface area contributed by atoms with Crippen LogP contribution in [0.1, 0.15) is 80.1 Å². The molecule has 3 atom stereocenters. The van der Waals surface area contributed by atoms with Crippen LogP contribution < -0.4 is 5.32 Å². The summed E-state index contributed by atoms with van der Waals surface area (Å²) in [6, 6.07) is 0.755. The quantitative estimate of drug-likeness (QED) is 0.700. The third-order valence-electron chi connectivity index (χ3n) is 7.08. The average Bonchev–Trinajstić information content (AvgIpc) is 2.82. The van der Waals surface area contributed by atoms with E-state index >= 15 is 0 Å². The summed E-state index contributed by atoms with van der Waals surface area (Å²) in [5.41, 5.74) is 1.02. The Morgan fingerprint density at radius 3 is 2.10 bits per heavy atom. The molecule has 2 aliphatic rings. The Kier molecular flexibility index (Phi) is 4.89. The van der Waals surface area contributed by atoms with E-state index in [2.05, 4.69) is 46.9 Å². The fourth-order valence-electron chi connectivity index (χ4n) is 5.19. The van der Waals surface area contributed by atoms with Gasteiger partial charge in [0.25, 0.3) is 0 Å². The smallest absolute Gasteiger partial charge is 0.0137 e. The lowest BCUT2D eigenvalue weighted by Gasteiger charge is -2.39. The van der Waals surface area contributed by atoms with Crippen LogP contribution >= 0.6 is 0 Å². The van der Waals surface area contributed by atoms with Crippen LogP contribution in [0.2, 0.25) is 0 Å². The van der Waals surface area contributed by atoms with Gasteiger partial charge >= 0.3 is 0 Å². The molecule has 0 heterocycles. The Hall–Kier alpha value is -0.0400. The summed E-state index contributed by atoms with van der Waals surface area (Å²) in [5, 5.41) is 3.98. The molecule has 0 aromatic heterocycles. The van der Waals surface area contributed by atoms with Gasteiger partial charge < -0.3 is 5.32 Å². The zero-order valence-electron chi connectivity index (χ0n) is 14.8. The minimum Gasteiger partial charge on any atom is -0.313 e. The second-order valence-corrected chi connectivity index (χ2v) is 8.52. The molecular formula is C19H37N. The van der Waals surface area contributed by atoms with Crippen LogP contribution in [0.15, 0.2) is 0 Å². The van der Waals surface area contributed by atoms with Gasteiger partial charge in [0.15, 0.2) is 0 Å². The molecule has 1 nitrogen and oxygen atoms in total. The molecule has 0 amide bonds. The minimum absolute atomic E-state index is 0.508. The fourth-order valence-corrected chi connectivity index (χ4v) is 5.19. The van der Waals surface area contributed by atoms with E-state index < -0.39 is 0 Å². The molecule has 2 rings (SSSR count). The van der Waals surface area contributed by atoms with Crippen molar-refractivity contribution < 1.29 is 0 Å². The van der Waals surface area contributed by atoms with Crippen molar-refractivity contribution in [2.75, 3.05) is 6.54 Å². The highest BCUT2D eigenvalue weighted by atomic mass is 15.0. The number of hydrogen-bond acceptors (Lipinski definition) is 1. The molecule has 0 bridgehead atoms. The third-order valence-corrected chi connectivity index (χ3v) is 7.08. The van der Waals surface area contributed by atoms with Crippen molar-refractivity contribution in [2.45, 2.75) is 86.1 Å². The zero-order chi connectivity index (χ0) is 15.0. The summed E-state index contributed by atoms with van der Waals surface area (Å²) >= 11 is 0. The maximum atomic E-state index is 3.98. The van der Waals surface area contributed by atoms with Crippen molar-refractivity contribution in [2.24, 2.45) is 28.6 Å². The van der Waals surface area contributed by atoms with Crippen molar-refractivity contribution in [1.29, 1.82) is 0 Å². The lowest BCUT2D eigenvalue weighted by atomic mass is 9.71. The van der Waals surface area contributed by atoms with Gasteiger partial charge in [-0.25, -0.2) is 0 Å². The van der Waals surface area contributed by atoms with Crippen LogP contribution in [0.5, 0.6) is 0 Å². The van der Waals surface area contributed by atoms with Crippen molar-refractivity contribution in [3.63, 3.8) is 0 Å². The van der Waals surface area contributed by atoms with Crippen LogP contribution in [0.25, 0.3) is 0 Å². The SMILES string of the molecule is CCCNC(C1CCCCC1CC)C1C(C)(C)C1(C)C. The molecular weight excluding hydrogens is 242 g/mol. The predicted octanol–water partition coefficient (Wildman–Crippen LogP) is 5.25. The Labute approximate surface area is 127 Å². The largest absolute Gasteiger partial charge is 0.313 e. The van der Waals surface area contributed by atoms with Gasteiger partial charge in [-0.05, 0) is 48.0 Å². The van der Waals surface area contributed by atoms with Gasteiger partial charge in [-0.1, -0.05) is 67.2 Å². The zero-order valence-corrected chi connectivity index (χ0v) is 14.8. The maximum absolute atomic E-state index is 3.98. The maximum Gasteiger partial charge on any atom is 0.0137 e. The molecule has 1 heteroatoms. The Morgan fingerprint density at radius 2 is 1.60 bits per heavy atom. The van der Waals surface area contributed by atoms with E-state index in [4.69, 9.17) is 0 Å². The molecule has 118 valence electrons. The first-order valence-electron chi connectivity index (χ1n) is 9.11. The van der Waals surface area contributed by atoms with Crippen molar-refractivity contribution in [3.8, 4) is 0 Å². The molecule has 2 fully saturated rings. The van der Waals surface area contributed by atoms with Crippen LogP contribution in [0, 0.1) is 28.6 Å². The monoisotopic (exact) mass is 279 g/mol. The average molecular weight is 280 g/mol. The van der Waals surface area contributed by atoms with E-state index in [-0.39, 0.29) is 0 Å². The number of nitrogens with one attached hydrogen (secondary N) is 1. The summed E-state index contributed by atoms with van der Waals surface area (Å²) in [6.07, 6.45) is 8.49. The molecule has 0 radical (unpaired) electrons. The highest BCUT2D eigenvalue weighted by molar-refractivity contribution is 5.17. The molecule has 2 aliphatic carbocycles. The Balaban J connectivity index is 2.15. The summed E-state index contributed by atoms with van der Waals surface area (Å²) < 4.78 is 0. The summed E-state index contributed by atoms with van der Waals surface area (Å²) in [4.78, 5) is 0. The highest BCUT2D eigenvalue weighted by Gasteiger charge is 2.68. The fraction of sp³-hybridized carbons (Fsp3) is 1.00. The van der Waals surface area contributed by atoms with E-state index in [1.54, 1.807) is 0 Å². The van der Waals surface area contributed by atoms with Gasteiger partial charge in [-0.2, -0.15) is 0 Å². The van der Waals surface area contributed by atoms with E-state index in [0.717, 1.165) is 23.8 Å². The summed E-state index contributed by atoms with van der Waals surface area (Å²) in [7, 11) is 0. The van der Waals surface area contributed by atoms with Crippen molar-refractivity contribution in [3.05, 3.63) is 0 Å². The van der Waals surface area contributed by atoms with E-state index in [1.165, 1.54) is 45.1 Å². The summed E-state index contributed by atoms with van der Waals surface area (Å²) in [5.74, 6) is 2.75. The minimum atomic E-state index is 0.508. The second-order valence-electron chi connectivity index (χ2n) is 8.52. The molecule has 3 unspecified atom stereocenters. The molecule has 0 aromatic rings. The highest BCUT2D eigenvalue weighted by Crippen LogP contribution is 2.70. The van der Waals surface area contributed by atoms with Crippen LogP contribution in [0.3, 0.4) is 0 Å². The third kappa shape index (κ3) is 2.67. The molecule has 2 saturated carbocycles. The molecule has 0 spiro atoms. The van der Waals surface area contributed by atoms with Gasteiger partial charge in [0.1, 0.15) is 0 Å². The molecule has 20 heavy (non-hydrogen) atoms. The number of hydrogen-bond donors (Lipinski definition) is 1. The normalized spacial score (nSPS) is 33.9. The second kappa shape index (κ2) is 5.99. The molecule has 0 saturated heterocycles. The summed E-state index contributed by atoms with van der Waals surface area (Å²) in [6.45, 7) is 15.9. The van der Waals surface area contributed by atoms with Gasteiger partial charge in [0.05, 0.1) is 0 Å². The lowest BCUT2D eigenvalue weighted by molar-refractivity contribution is 0.149. The van der Waals surface area contributed by atoms with E-state index in [9.17, 15) is 0 Å². The Morgan fingerprint density at radius 1 is 1.00 bits per heavy atom. The van der Waals surface area contributed by atoms with Gasteiger partial charge in [-0.3, -0.25) is 0 Å². The topological polar surface area (TPSA) is 12.0 Å². The molecule has 1 N–H and O–H groups in total. The van der Waals surface area contributed by atoms with Gasteiger partial charge in [0.2, 0.25) is 0 Å². The van der Waals surface area contributed by atoms with E-state index in [1.807, 2.05) is 0 Å².